The Morgan fingerprint density at radius 1 is 1.47 bits per heavy atom. The average molecular weight is 273 g/mol. The molecule has 0 spiro atoms. The summed E-state index contributed by atoms with van der Waals surface area (Å²) in [5.41, 5.74) is 1.46. The highest BCUT2D eigenvalue weighted by atomic mass is 79.9. The fraction of sp³-hybridized carbons (Fsp3) is 0.364. The van der Waals surface area contributed by atoms with E-state index in [0.29, 0.717) is 17.9 Å². The molecule has 15 heavy (non-hydrogen) atoms. The number of benzene rings is 1. The Balaban J connectivity index is 3.15. The maximum Gasteiger partial charge on any atom is 0.341 e. The van der Waals surface area contributed by atoms with Gasteiger partial charge < -0.3 is 9.47 Å². The second kappa shape index (κ2) is 5.16. The molecule has 0 aliphatic heterocycles. The first-order valence-corrected chi connectivity index (χ1v) is 5.40. The monoisotopic (exact) mass is 272 g/mol. The molecule has 0 bridgehead atoms. The molecule has 0 fully saturated rings. The van der Waals surface area contributed by atoms with Crippen LogP contribution in [-0.4, -0.2) is 19.7 Å². The number of ether oxygens (including phenoxy) is 2. The predicted octanol–water partition coefficient (Wildman–Crippen LogP) is 2.94. The van der Waals surface area contributed by atoms with Crippen molar-refractivity contribution >= 4 is 21.9 Å². The van der Waals surface area contributed by atoms with Crippen LogP contribution in [0, 0.1) is 6.92 Å². The van der Waals surface area contributed by atoms with E-state index in [2.05, 4.69) is 15.9 Å². The minimum Gasteiger partial charge on any atom is -0.496 e. The molecule has 0 aliphatic rings. The summed E-state index contributed by atoms with van der Waals surface area (Å²) >= 11 is 3.37. The zero-order chi connectivity index (χ0) is 11.4. The summed E-state index contributed by atoms with van der Waals surface area (Å²) in [6, 6.07) is 3.52. The molecule has 1 rings (SSSR count). The number of halogens is 1. The third-order valence-electron chi connectivity index (χ3n) is 1.98. The summed E-state index contributed by atoms with van der Waals surface area (Å²) in [4.78, 5) is 11.6. The molecule has 1 aromatic rings. The van der Waals surface area contributed by atoms with Crippen molar-refractivity contribution in [2.75, 3.05) is 13.7 Å². The van der Waals surface area contributed by atoms with E-state index in [4.69, 9.17) is 9.47 Å². The molecule has 0 N–H and O–H groups in total. The standard InChI is InChI=1S/C11H13BrO3/c1-4-15-11(13)8-6-9(12)7(2)5-10(8)14-3/h5-6H,4H2,1-3H3. The zero-order valence-electron chi connectivity index (χ0n) is 8.96. The van der Waals surface area contributed by atoms with Crippen molar-refractivity contribution < 1.29 is 14.3 Å². The zero-order valence-corrected chi connectivity index (χ0v) is 10.6. The van der Waals surface area contributed by atoms with Gasteiger partial charge in [-0.2, -0.15) is 0 Å². The Labute approximate surface area is 97.5 Å². The van der Waals surface area contributed by atoms with Crippen LogP contribution in [0.15, 0.2) is 16.6 Å². The van der Waals surface area contributed by atoms with Crippen molar-refractivity contribution in [2.24, 2.45) is 0 Å². The van der Waals surface area contributed by atoms with E-state index in [9.17, 15) is 4.79 Å². The van der Waals surface area contributed by atoms with Gasteiger partial charge >= 0.3 is 5.97 Å². The summed E-state index contributed by atoms with van der Waals surface area (Å²) < 4.78 is 10.9. The molecule has 0 unspecified atom stereocenters. The van der Waals surface area contributed by atoms with Gasteiger partial charge in [0.2, 0.25) is 0 Å². The largest absolute Gasteiger partial charge is 0.496 e. The van der Waals surface area contributed by atoms with Gasteiger partial charge in [-0.1, -0.05) is 15.9 Å². The second-order valence-electron chi connectivity index (χ2n) is 3.02. The number of carbonyl (C=O) groups excluding carboxylic acids is 1. The minimum atomic E-state index is -0.366. The van der Waals surface area contributed by atoms with E-state index in [1.165, 1.54) is 7.11 Å². The molecule has 0 amide bonds. The first kappa shape index (κ1) is 12.0. The van der Waals surface area contributed by atoms with E-state index >= 15 is 0 Å². The molecule has 1 aromatic carbocycles. The Morgan fingerprint density at radius 2 is 2.13 bits per heavy atom. The lowest BCUT2D eigenvalue weighted by Crippen LogP contribution is -2.07. The number of aryl methyl sites for hydroxylation is 1. The van der Waals surface area contributed by atoms with Gasteiger partial charge in [-0.15, -0.1) is 0 Å². The highest BCUT2D eigenvalue weighted by Crippen LogP contribution is 2.27. The van der Waals surface area contributed by atoms with Crippen LogP contribution < -0.4 is 4.74 Å². The Bertz CT molecular complexity index is 374. The highest BCUT2D eigenvalue weighted by Gasteiger charge is 2.15. The van der Waals surface area contributed by atoms with Crippen molar-refractivity contribution in [3.63, 3.8) is 0 Å². The minimum absolute atomic E-state index is 0.355. The molecule has 3 nitrogen and oxygen atoms in total. The summed E-state index contributed by atoms with van der Waals surface area (Å²) in [5.74, 6) is 0.171. The van der Waals surface area contributed by atoms with Gasteiger partial charge in [0, 0.05) is 4.47 Å². The Hall–Kier alpha value is -1.03. The van der Waals surface area contributed by atoms with Crippen LogP contribution >= 0.6 is 15.9 Å². The van der Waals surface area contributed by atoms with Gasteiger partial charge in [-0.25, -0.2) is 4.79 Å². The number of rotatable bonds is 3. The van der Waals surface area contributed by atoms with Gasteiger partial charge in [0.05, 0.1) is 13.7 Å². The van der Waals surface area contributed by atoms with Crippen LogP contribution in [0.2, 0.25) is 0 Å². The van der Waals surface area contributed by atoms with Crippen LogP contribution in [0.4, 0.5) is 0 Å². The lowest BCUT2D eigenvalue weighted by atomic mass is 10.1. The number of hydrogen-bond donors (Lipinski definition) is 0. The van der Waals surface area contributed by atoms with Crippen LogP contribution in [0.25, 0.3) is 0 Å². The van der Waals surface area contributed by atoms with Crippen molar-refractivity contribution in [3.05, 3.63) is 27.7 Å². The normalized spacial score (nSPS) is 9.87. The first-order valence-electron chi connectivity index (χ1n) is 4.61. The third kappa shape index (κ3) is 2.72. The first-order chi connectivity index (χ1) is 7.10. The number of carbonyl (C=O) groups is 1. The maximum atomic E-state index is 11.6. The molecule has 82 valence electrons. The number of esters is 1. The summed E-state index contributed by atoms with van der Waals surface area (Å²) in [7, 11) is 1.53. The van der Waals surface area contributed by atoms with Gasteiger partial charge in [0.15, 0.2) is 0 Å². The van der Waals surface area contributed by atoms with Crippen molar-refractivity contribution in [3.8, 4) is 5.75 Å². The number of methoxy groups -OCH3 is 1. The molecule has 0 aromatic heterocycles. The topological polar surface area (TPSA) is 35.5 Å². The van der Waals surface area contributed by atoms with Gasteiger partial charge in [-0.3, -0.25) is 0 Å². The molecular formula is C11H13BrO3. The van der Waals surface area contributed by atoms with E-state index in [-0.39, 0.29) is 5.97 Å². The van der Waals surface area contributed by atoms with Gasteiger partial charge in [0.1, 0.15) is 11.3 Å². The molecular weight excluding hydrogens is 260 g/mol. The van der Waals surface area contributed by atoms with Gasteiger partial charge in [0.25, 0.3) is 0 Å². The molecule has 0 atom stereocenters. The molecule has 0 heterocycles. The smallest absolute Gasteiger partial charge is 0.341 e. The highest BCUT2D eigenvalue weighted by molar-refractivity contribution is 9.10. The van der Waals surface area contributed by atoms with E-state index in [1.807, 2.05) is 6.92 Å². The molecule has 0 saturated carbocycles. The quantitative estimate of drug-likeness (QED) is 0.794. The van der Waals surface area contributed by atoms with Crippen LogP contribution in [0.5, 0.6) is 5.75 Å². The van der Waals surface area contributed by atoms with Crippen molar-refractivity contribution in [1.82, 2.24) is 0 Å². The molecule has 0 saturated heterocycles. The maximum absolute atomic E-state index is 11.6. The van der Waals surface area contributed by atoms with E-state index in [0.717, 1.165) is 10.0 Å². The third-order valence-corrected chi connectivity index (χ3v) is 2.83. The fourth-order valence-corrected chi connectivity index (χ4v) is 1.54. The average Bonchev–Trinajstić information content (AvgIpc) is 2.21. The van der Waals surface area contributed by atoms with E-state index in [1.54, 1.807) is 19.1 Å². The Morgan fingerprint density at radius 3 is 2.67 bits per heavy atom. The van der Waals surface area contributed by atoms with Crippen molar-refractivity contribution in [2.45, 2.75) is 13.8 Å². The van der Waals surface area contributed by atoms with Crippen LogP contribution in [-0.2, 0) is 4.74 Å². The van der Waals surface area contributed by atoms with Gasteiger partial charge in [-0.05, 0) is 31.5 Å². The molecule has 0 radical (unpaired) electrons. The summed E-state index contributed by atoms with van der Waals surface area (Å²) in [6.07, 6.45) is 0. The van der Waals surface area contributed by atoms with E-state index < -0.39 is 0 Å². The summed E-state index contributed by atoms with van der Waals surface area (Å²) in [5, 5.41) is 0. The summed E-state index contributed by atoms with van der Waals surface area (Å²) in [6.45, 7) is 4.06. The second-order valence-corrected chi connectivity index (χ2v) is 3.88. The lowest BCUT2D eigenvalue weighted by Gasteiger charge is -2.09. The van der Waals surface area contributed by atoms with Crippen LogP contribution in [0.3, 0.4) is 0 Å². The number of hydrogen-bond acceptors (Lipinski definition) is 3. The van der Waals surface area contributed by atoms with Crippen LogP contribution in [0.1, 0.15) is 22.8 Å². The molecule has 4 heteroatoms. The Kier molecular flexibility index (Phi) is 4.15. The molecule has 0 aliphatic carbocycles. The SMILES string of the molecule is CCOC(=O)c1cc(Br)c(C)cc1OC. The predicted molar refractivity (Wildman–Crippen MR) is 61.4 cm³/mol. The van der Waals surface area contributed by atoms with Crippen molar-refractivity contribution in [1.29, 1.82) is 0 Å². The lowest BCUT2D eigenvalue weighted by molar-refractivity contribution is 0.0522. The fourth-order valence-electron chi connectivity index (χ4n) is 1.19.